The summed E-state index contributed by atoms with van der Waals surface area (Å²) in [6.45, 7) is 2.98. The van der Waals surface area contributed by atoms with E-state index in [0.717, 1.165) is 5.56 Å². The van der Waals surface area contributed by atoms with Crippen LogP contribution in [0.25, 0.3) is 0 Å². The van der Waals surface area contributed by atoms with Crippen LogP contribution in [-0.4, -0.2) is 55.8 Å². The molecule has 1 rings (SSSR count). The molecular weight excluding hydrogens is 268 g/mol. The lowest BCUT2D eigenvalue weighted by molar-refractivity contribution is -0.117. The zero-order valence-corrected chi connectivity index (χ0v) is 12.9. The number of amides is 1. The van der Waals surface area contributed by atoms with Crippen molar-refractivity contribution in [3.8, 4) is 5.75 Å². The van der Waals surface area contributed by atoms with E-state index in [4.69, 9.17) is 4.74 Å². The Bertz CT molecular complexity index is 472. The van der Waals surface area contributed by atoms with Gasteiger partial charge in [-0.2, -0.15) is 0 Å². The highest BCUT2D eigenvalue weighted by molar-refractivity contribution is 5.87. The molecule has 1 atom stereocenters. The summed E-state index contributed by atoms with van der Waals surface area (Å²) in [5.74, 6) is 0.498. The van der Waals surface area contributed by atoms with E-state index in [0.29, 0.717) is 12.3 Å². The molecule has 0 fully saturated rings. The van der Waals surface area contributed by atoms with Crippen LogP contribution in [0.1, 0.15) is 5.56 Å². The second-order valence-corrected chi connectivity index (χ2v) is 5.19. The number of aryl methyl sites for hydroxylation is 1. The number of aliphatic hydroxyl groups is 1. The molecule has 116 valence electrons. The first-order valence-electron chi connectivity index (χ1n) is 6.94. The Kier molecular flexibility index (Phi) is 7.50. The molecule has 0 aliphatic heterocycles. The monoisotopic (exact) mass is 292 g/mol. The van der Waals surface area contributed by atoms with Gasteiger partial charge in [0.15, 0.2) is 0 Å². The van der Waals surface area contributed by atoms with Crippen LogP contribution in [-0.2, 0) is 4.79 Å². The molecule has 1 aromatic carbocycles. The highest BCUT2D eigenvalue weighted by atomic mass is 16.5. The minimum absolute atomic E-state index is 0.144. The van der Waals surface area contributed by atoms with Crippen LogP contribution in [0.2, 0.25) is 0 Å². The van der Waals surface area contributed by atoms with Crippen molar-refractivity contribution >= 4 is 5.91 Å². The highest BCUT2D eigenvalue weighted by Crippen LogP contribution is 2.12. The average Bonchev–Trinajstić information content (AvgIpc) is 2.42. The number of aliphatic hydroxyl groups excluding tert-OH is 1. The Morgan fingerprint density at radius 1 is 1.48 bits per heavy atom. The summed E-state index contributed by atoms with van der Waals surface area (Å²) in [5.41, 5.74) is 1.10. The molecule has 0 spiro atoms. The fourth-order valence-corrected chi connectivity index (χ4v) is 1.60. The topological polar surface area (TPSA) is 61.8 Å². The fraction of sp³-hybridized carbons (Fsp3) is 0.438. The Morgan fingerprint density at radius 3 is 2.90 bits per heavy atom. The summed E-state index contributed by atoms with van der Waals surface area (Å²) in [7, 11) is 3.85. The number of carbonyl (C=O) groups excluding carboxylic acids is 1. The lowest BCUT2D eigenvalue weighted by Gasteiger charge is -2.13. The summed E-state index contributed by atoms with van der Waals surface area (Å²) in [6, 6.07) is 7.61. The lowest BCUT2D eigenvalue weighted by Crippen LogP contribution is -2.34. The van der Waals surface area contributed by atoms with Gasteiger partial charge in [0.05, 0.1) is 0 Å². The normalized spacial score (nSPS) is 12.6. The first-order chi connectivity index (χ1) is 9.97. The van der Waals surface area contributed by atoms with Crippen molar-refractivity contribution in [1.82, 2.24) is 10.2 Å². The number of hydrogen-bond donors (Lipinski definition) is 2. The molecule has 0 aliphatic carbocycles. The number of likely N-dealkylation sites (N-methyl/N-ethyl adjacent to an activating group) is 1. The van der Waals surface area contributed by atoms with Crippen LogP contribution < -0.4 is 10.1 Å². The standard InChI is InChI=1S/C16H24N2O3/c1-13-6-4-7-15(10-13)21-12-14(19)11-17-16(20)8-5-9-18(2)3/h4-8,10,14,19H,9,11-12H2,1-3H3,(H,17,20)/b8-5+. The number of carbonyl (C=O) groups is 1. The predicted octanol–water partition coefficient (Wildman–Crippen LogP) is 0.969. The molecule has 0 radical (unpaired) electrons. The van der Waals surface area contributed by atoms with Gasteiger partial charge in [-0.1, -0.05) is 18.2 Å². The number of rotatable bonds is 8. The predicted molar refractivity (Wildman–Crippen MR) is 83.4 cm³/mol. The molecule has 1 unspecified atom stereocenters. The number of ether oxygens (including phenoxy) is 1. The van der Waals surface area contributed by atoms with Gasteiger partial charge in [-0.05, 0) is 38.7 Å². The maximum absolute atomic E-state index is 11.5. The maximum Gasteiger partial charge on any atom is 0.243 e. The van der Waals surface area contributed by atoms with E-state index in [2.05, 4.69) is 5.32 Å². The van der Waals surface area contributed by atoms with E-state index in [-0.39, 0.29) is 19.1 Å². The maximum atomic E-state index is 11.5. The summed E-state index contributed by atoms with van der Waals surface area (Å²) in [5, 5.41) is 12.4. The smallest absolute Gasteiger partial charge is 0.243 e. The van der Waals surface area contributed by atoms with E-state index < -0.39 is 6.10 Å². The number of hydrogen-bond acceptors (Lipinski definition) is 4. The SMILES string of the molecule is Cc1cccc(OCC(O)CNC(=O)/C=C/CN(C)C)c1. The zero-order chi connectivity index (χ0) is 15.7. The van der Waals surface area contributed by atoms with E-state index in [1.54, 1.807) is 6.08 Å². The van der Waals surface area contributed by atoms with E-state index in [9.17, 15) is 9.90 Å². The minimum atomic E-state index is -0.739. The van der Waals surface area contributed by atoms with Gasteiger partial charge in [0.1, 0.15) is 18.5 Å². The van der Waals surface area contributed by atoms with Crippen molar-refractivity contribution in [2.75, 3.05) is 33.8 Å². The van der Waals surface area contributed by atoms with Gasteiger partial charge in [-0.3, -0.25) is 4.79 Å². The van der Waals surface area contributed by atoms with E-state index in [1.165, 1.54) is 6.08 Å². The molecule has 0 aromatic heterocycles. The molecule has 0 saturated heterocycles. The summed E-state index contributed by atoms with van der Waals surface area (Å²) >= 11 is 0. The highest BCUT2D eigenvalue weighted by Gasteiger charge is 2.06. The third kappa shape index (κ3) is 8.12. The average molecular weight is 292 g/mol. The van der Waals surface area contributed by atoms with Crippen LogP contribution in [0, 0.1) is 6.92 Å². The molecular formula is C16H24N2O3. The third-order valence-corrected chi connectivity index (χ3v) is 2.68. The van der Waals surface area contributed by atoms with Crippen molar-refractivity contribution in [3.63, 3.8) is 0 Å². The minimum Gasteiger partial charge on any atom is -0.491 e. The molecule has 5 nitrogen and oxygen atoms in total. The Labute approximate surface area is 126 Å². The second-order valence-electron chi connectivity index (χ2n) is 5.19. The van der Waals surface area contributed by atoms with E-state index >= 15 is 0 Å². The fourth-order valence-electron chi connectivity index (χ4n) is 1.60. The van der Waals surface area contributed by atoms with Gasteiger partial charge in [-0.15, -0.1) is 0 Å². The lowest BCUT2D eigenvalue weighted by atomic mass is 10.2. The van der Waals surface area contributed by atoms with Crippen LogP contribution in [0.4, 0.5) is 0 Å². The van der Waals surface area contributed by atoms with Gasteiger partial charge in [-0.25, -0.2) is 0 Å². The third-order valence-electron chi connectivity index (χ3n) is 2.68. The molecule has 0 bridgehead atoms. The second kappa shape index (κ2) is 9.15. The molecule has 5 heteroatoms. The molecule has 0 heterocycles. The zero-order valence-electron chi connectivity index (χ0n) is 12.9. The van der Waals surface area contributed by atoms with Crippen molar-refractivity contribution in [2.24, 2.45) is 0 Å². The van der Waals surface area contributed by atoms with Gasteiger partial charge in [0.25, 0.3) is 0 Å². The first-order valence-corrected chi connectivity index (χ1v) is 6.94. The molecule has 1 amide bonds. The van der Waals surface area contributed by atoms with Crippen molar-refractivity contribution in [2.45, 2.75) is 13.0 Å². The van der Waals surface area contributed by atoms with Crippen molar-refractivity contribution < 1.29 is 14.6 Å². The number of nitrogens with one attached hydrogen (secondary N) is 1. The van der Waals surface area contributed by atoms with Crippen molar-refractivity contribution in [1.29, 1.82) is 0 Å². The van der Waals surface area contributed by atoms with Crippen molar-refractivity contribution in [3.05, 3.63) is 42.0 Å². The molecule has 2 N–H and O–H groups in total. The van der Waals surface area contributed by atoms with Crippen LogP contribution >= 0.6 is 0 Å². The number of benzene rings is 1. The van der Waals surface area contributed by atoms with Gasteiger partial charge in [0, 0.05) is 19.2 Å². The largest absolute Gasteiger partial charge is 0.491 e. The first kappa shape index (κ1) is 17.2. The van der Waals surface area contributed by atoms with Gasteiger partial charge in [0.2, 0.25) is 5.91 Å². The summed E-state index contributed by atoms with van der Waals surface area (Å²) in [4.78, 5) is 13.4. The molecule has 21 heavy (non-hydrogen) atoms. The molecule has 1 aromatic rings. The van der Waals surface area contributed by atoms with Crippen LogP contribution in [0.15, 0.2) is 36.4 Å². The van der Waals surface area contributed by atoms with Crippen LogP contribution in [0.3, 0.4) is 0 Å². The van der Waals surface area contributed by atoms with Gasteiger partial charge < -0.3 is 20.1 Å². The Balaban J connectivity index is 2.23. The van der Waals surface area contributed by atoms with Gasteiger partial charge >= 0.3 is 0 Å². The quantitative estimate of drug-likeness (QED) is 0.701. The summed E-state index contributed by atoms with van der Waals surface area (Å²) in [6.07, 6.45) is 2.50. The molecule has 0 saturated carbocycles. The van der Waals surface area contributed by atoms with E-state index in [1.807, 2.05) is 50.2 Å². The molecule has 0 aliphatic rings. The number of nitrogens with zero attached hydrogens (tertiary/aromatic N) is 1. The summed E-state index contributed by atoms with van der Waals surface area (Å²) < 4.78 is 5.47. The Morgan fingerprint density at radius 2 is 2.24 bits per heavy atom. The van der Waals surface area contributed by atoms with Crippen LogP contribution in [0.5, 0.6) is 5.75 Å². The Hall–Kier alpha value is -1.85.